The van der Waals surface area contributed by atoms with E-state index < -0.39 is 10.0 Å². The Labute approximate surface area is 142 Å². The van der Waals surface area contributed by atoms with Gasteiger partial charge in [0.1, 0.15) is 4.90 Å². The van der Waals surface area contributed by atoms with E-state index in [-0.39, 0.29) is 10.9 Å². The van der Waals surface area contributed by atoms with Crippen molar-refractivity contribution in [2.45, 2.75) is 63.9 Å². The zero-order valence-corrected chi connectivity index (χ0v) is 15.2. The summed E-state index contributed by atoms with van der Waals surface area (Å²) in [6.07, 6.45) is 5.21. The average Bonchev–Trinajstić information content (AvgIpc) is 3.04. The summed E-state index contributed by atoms with van der Waals surface area (Å²) in [4.78, 5) is 0.285. The van der Waals surface area contributed by atoms with Gasteiger partial charge in [0.25, 0.3) is 0 Å². The van der Waals surface area contributed by atoms with E-state index in [4.69, 9.17) is 4.52 Å². The smallest absolute Gasteiger partial charge is 0.247 e. The fourth-order valence-corrected chi connectivity index (χ4v) is 5.07. The van der Waals surface area contributed by atoms with Gasteiger partial charge in [-0.3, -0.25) is 4.68 Å². The Morgan fingerprint density at radius 2 is 2.08 bits per heavy atom. The zero-order chi connectivity index (χ0) is 17.3. The van der Waals surface area contributed by atoms with Gasteiger partial charge in [-0.1, -0.05) is 18.0 Å². The molecule has 2 aromatic rings. The van der Waals surface area contributed by atoms with E-state index in [0.717, 1.165) is 31.4 Å². The monoisotopic (exact) mass is 352 g/mol. The first-order chi connectivity index (χ1) is 11.4. The fourth-order valence-electron chi connectivity index (χ4n) is 3.24. The lowest BCUT2D eigenvalue weighted by atomic mass is 10.1. The van der Waals surface area contributed by atoms with E-state index in [9.17, 15) is 8.42 Å². The van der Waals surface area contributed by atoms with Gasteiger partial charge >= 0.3 is 0 Å². The highest BCUT2D eigenvalue weighted by atomic mass is 32.2. The minimum absolute atomic E-state index is 0.285. The number of hydrogen-bond donors (Lipinski definition) is 0. The summed E-state index contributed by atoms with van der Waals surface area (Å²) in [5, 5.41) is 8.22. The summed E-state index contributed by atoms with van der Waals surface area (Å²) in [7, 11) is -3.63. The van der Waals surface area contributed by atoms with Crippen LogP contribution >= 0.6 is 0 Å². The van der Waals surface area contributed by atoms with Crippen LogP contribution in [0.25, 0.3) is 0 Å². The van der Waals surface area contributed by atoms with Crippen molar-refractivity contribution in [3.63, 3.8) is 0 Å². The maximum atomic E-state index is 13.3. The van der Waals surface area contributed by atoms with E-state index in [1.54, 1.807) is 22.1 Å². The molecule has 0 aliphatic carbocycles. The number of nitrogens with zero attached hydrogens (tertiary/aromatic N) is 4. The van der Waals surface area contributed by atoms with Crippen molar-refractivity contribution in [2.24, 2.45) is 0 Å². The van der Waals surface area contributed by atoms with Crippen LogP contribution in [-0.4, -0.2) is 34.2 Å². The molecule has 0 saturated carbocycles. The Kier molecular flexibility index (Phi) is 4.78. The van der Waals surface area contributed by atoms with Crippen LogP contribution < -0.4 is 0 Å². The number of sulfonamides is 1. The molecule has 1 atom stereocenters. The molecule has 3 heterocycles. The second-order valence-corrected chi connectivity index (χ2v) is 8.14. The fraction of sp³-hybridized carbons (Fsp3) is 0.625. The van der Waals surface area contributed by atoms with Gasteiger partial charge in [-0.2, -0.15) is 9.40 Å². The molecular formula is C16H24N4O3S. The number of rotatable bonds is 4. The summed E-state index contributed by atoms with van der Waals surface area (Å²) < 4.78 is 35.2. The van der Waals surface area contributed by atoms with Crippen molar-refractivity contribution in [3.8, 4) is 0 Å². The molecule has 0 bridgehead atoms. The number of aromatic nitrogens is 3. The van der Waals surface area contributed by atoms with Crippen molar-refractivity contribution < 1.29 is 12.9 Å². The Hall–Kier alpha value is -1.67. The second kappa shape index (κ2) is 6.68. The van der Waals surface area contributed by atoms with Gasteiger partial charge in [-0.15, -0.1) is 0 Å². The minimum atomic E-state index is -3.63. The topological polar surface area (TPSA) is 81.2 Å². The predicted octanol–water partition coefficient (Wildman–Crippen LogP) is 2.81. The van der Waals surface area contributed by atoms with Crippen LogP contribution in [0.1, 0.15) is 55.8 Å². The van der Waals surface area contributed by atoms with Gasteiger partial charge < -0.3 is 4.52 Å². The highest BCUT2D eigenvalue weighted by Gasteiger charge is 2.37. The Balaban J connectivity index is 2.03. The lowest BCUT2D eigenvalue weighted by Crippen LogP contribution is -2.35. The van der Waals surface area contributed by atoms with Gasteiger partial charge in [-0.25, -0.2) is 8.42 Å². The lowest BCUT2D eigenvalue weighted by molar-refractivity contribution is 0.258. The highest BCUT2D eigenvalue weighted by Crippen LogP contribution is 2.35. The molecular weight excluding hydrogens is 328 g/mol. The quantitative estimate of drug-likeness (QED) is 0.845. The Morgan fingerprint density at radius 3 is 2.71 bits per heavy atom. The third-order valence-corrected chi connectivity index (χ3v) is 6.50. The Bertz CT molecular complexity index is 809. The summed E-state index contributed by atoms with van der Waals surface area (Å²) in [6.45, 7) is 6.65. The normalized spacial score (nSPS) is 20.2. The molecule has 1 aliphatic heterocycles. The molecule has 8 heteroatoms. The van der Waals surface area contributed by atoms with E-state index >= 15 is 0 Å². The molecule has 0 radical (unpaired) electrons. The maximum Gasteiger partial charge on any atom is 0.247 e. The first kappa shape index (κ1) is 17.2. The molecule has 0 amide bonds. The van der Waals surface area contributed by atoms with Crippen LogP contribution in [0.15, 0.2) is 21.7 Å². The van der Waals surface area contributed by atoms with Gasteiger partial charge in [-0.05, 0) is 33.6 Å². The molecule has 1 saturated heterocycles. The summed E-state index contributed by atoms with van der Waals surface area (Å²) in [6, 6.07) is 1.53. The average molecular weight is 352 g/mol. The van der Waals surface area contributed by atoms with Crippen LogP contribution in [0.2, 0.25) is 0 Å². The molecule has 0 spiro atoms. The van der Waals surface area contributed by atoms with Crippen molar-refractivity contribution in [3.05, 3.63) is 29.4 Å². The van der Waals surface area contributed by atoms with Crippen molar-refractivity contribution >= 4 is 10.0 Å². The lowest BCUT2D eigenvalue weighted by Gasteiger charge is -2.27. The summed E-state index contributed by atoms with van der Waals surface area (Å²) in [5.41, 5.74) is 1.30. The van der Waals surface area contributed by atoms with Gasteiger partial charge in [0.2, 0.25) is 10.0 Å². The molecule has 132 valence electrons. The van der Waals surface area contributed by atoms with Crippen LogP contribution in [0.5, 0.6) is 0 Å². The van der Waals surface area contributed by atoms with Crippen LogP contribution in [0, 0.1) is 13.8 Å². The highest BCUT2D eigenvalue weighted by molar-refractivity contribution is 7.89. The van der Waals surface area contributed by atoms with Crippen LogP contribution in [-0.2, 0) is 16.6 Å². The predicted molar refractivity (Wildman–Crippen MR) is 89.0 cm³/mol. The summed E-state index contributed by atoms with van der Waals surface area (Å²) >= 11 is 0. The molecule has 2 aromatic heterocycles. The van der Waals surface area contributed by atoms with Gasteiger partial charge in [0.15, 0.2) is 5.76 Å². The maximum absolute atomic E-state index is 13.3. The van der Waals surface area contributed by atoms with Crippen LogP contribution in [0.4, 0.5) is 0 Å². The van der Waals surface area contributed by atoms with E-state index in [0.29, 0.717) is 24.5 Å². The van der Waals surface area contributed by atoms with E-state index in [1.807, 2.05) is 19.9 Å². The zero-order valence-electron chi connectivity index (χ0n) is 14.4. The van der Waals surface area contributed by atoms with Crippen molar-refractivity contribution in [2.75, 3.05) is 6.54 Å². The van der Waals surface area contributed by atoms with Crippen molar-refractivity contribution in [1.29, 1.82) is 0 Å². The van der Waals surface area contributed by atoms with Gasteiger partial charge in [0.05, 0.1) is 17.4 Å². The molecule has 1 aliphatic rings. The molecule has 7 nitrogen and oxygen atoms in total. The van der Waals surface area contributed by atoms with Crippen molar-refractivity contribution in [1.82, 2.24) is 19.2 Å². The van der Waals surface area contributed by atoms with Gasteiger partial charge in [0, 0.05) is 25.4 Å². The van der Waals surface area contributed by atoms with Crippen LogP contribution in [0.3, 0.4) is 0 Å². The Morgan fingerprint density at radius 1 is 1.29 bits per heavy atom. The van der Waals surface area contributed by atoms with E-state index in [1.165, 1.54) is 0 Å². The molecule has 1 fully saturated rings. The first-order valence-corrected chi connectivity index (χ1v) is 9.86. The molecule has 0 N–H and O–H groups in total. The molecule has 0 aromatic carbocycles. The third-order valence-electron chi connectivity index (χ3n) is 4.49. The largest absolute Gasteiger partial charge is 0.359 e. The third kappa shape index (κ3) is 3.12. The molecule has 1 unspecified atom stereocenters. The SMILES string of the molecule is CCn1cc(S(=O)(=O)N2CCCCCC2c2cc(C)no2)c(C)n1. The first-order valence-electron chi connectivity index (χ1n) is 8.42. The number of hydrogen-bond acceptors (Lipinski definition) is 5. The summed E-state index contributed by atoms with van der Waals surface area (Å²) in [5.74, 6) is 0.624. The molecule has 24 heavy (non-hydrogen) atoms. The second-order valence-electron chi connectivity index (χ2n) is 6.29. The van der Waals surface area contributed by atoms with E-state index in [2.05, 4.69) is 10.3 Å². The molecule has 3 rings (SSSR count). The standard InChI is InChI=1S/C16H24N4O3S/c1-4-19-11-16(13(3)17-19)24(21,22)20-9-7-5-6-8-14(20)15-10-12(2)18-23-15/h10-11,14H,4-9H2,1-3H3. The minimum Gasteiger partial charge on any atom is -0.359 e. The number of aryl methyl sites for hydroxylation is 3.